The van der Waals surface area contributed by atoms with E-state index in [2.05, 4.69) is 10.3 Å². The van der Waals surface area contributed by atoms with Gasteiger partial charge < -0.3 is 10.1 Å². The molecule has 0 saturated heterocycles. The van der Waals surface area contributed by atoms with Crippen LogP contribution in [0.2, 0.25) is 0 Å². The highest BCUT2D eigenvalue weighted by atomic mass is 16.5. The largest absolute Gasteiger partial charge is 0.381 e. The minimum absolute atomic E-state index is 0.628. The van der Waals surface area contributed by atoms with Crippen molar-refractivity contribution in [3.05, 3.63) is 24.0 Å². The van der Waals surface area contributed by atoms with Crippen LogP contribution < -0.4 is 5.32 Å². The van der Waals surface area contributed by atoms with Gasteiger partial charge in [-0.05, 0) is 12.1 Å². The normalized spacial score (nSPS) is 16.4. The fourth-order valence-corrected chi connectivity index (χ4v) is 1.14. The molecular formula is C8H10N2O. The summed E-state index contributed by atoms with van der Waals surface area (Å²) in [5.74, 6) is 0. The molecule has 0 aromatic carbocycles. The van der Waals surface area contributed by atoms with Crippen molar-refractivity contribution < 1.29 is 4.74 Å². The molecule has 2 heterocycles. The molecular weight excluding hydrogens is 140 g/mol. The van der Waals surface area contributed by atoms with Crippen LogP contribution in [-0.2, 0) is 11.3 Å². The van der Waals surface area contributed by atoms with Gasteiger partial charge in [-0.2, -0.15) is 0 Å². The van der Waals surface area contributed by atoms with Gasteiger partial charge in [-0.15, -0.1) is 0 Å². The molecule has 58 valence electrons. The van der Waals surface area contributed by atoms with E-state index in [1.54, 1.807) is 6.20 Å². The Bertz CT molecular complexity index is 225. The number of aromatic nitrogens is 1. The van der Waals surface area contributed by atoms with Crippen LogP contribution in [0.1, 0.15) is 5.69 Å². The first-order valence-electron chi connectivity index (χ1n) is 3.72. The van der Waals surface area contributed by atoms with Crippen molar-refractivity contribution in [2.45, 2.75) is 6.61 Å². The molecule has 0 saturated carbocycles. The van der Waals surface area contributed by atoms with Crippen LogP contribution in [0.25, 0.3) is 0 Å². The van der Waals surface area contributed by atoms with Gasteiger partial charge in [0.1, 0.15) is 0 Å². The highest BCUT2D eigenvalue weighted by Crippen LogP contribution is 2.14. The van der Waals surface area contributed by atoms with Crippen LogP contribution in [0, 0.1) is 0 Å². The van der Waals surface area contributed by atoms with Crippen molar-refractivity contribution in [3.63, 3.8) is 0 Å². The van der Waals surface area contributed by atoms with E-state index in [9.17, 15) is 0 Å². The maximum atomic E-state index is 5.30. The summed E-state index contributed by atoms with van der Waals surface area (Å²) in [4.78, 5) is 4.19. The molecule has 3 nitrogen and oxygen atoms in total. The first-order valence-corrected chi connectivity index (χ1v) is 3.72. The van der Waals surface area contributed by atoms with Gasteiger partial charge >= 0.3 is 0 Å². The molecule has 0 spiro atoms. The van der Waals surface area contributed by atoms with Crippen molar-refractivity contribution in [1.82, 2.24) is 4.98 Å². The average molecular weight is 150 g/mol. The second-order valence-electron chi connectivity index (χ2n) is 2.48. The first-order chi connectivity index (χ1) is 5.47. The third-order valence-corrected chi connectivity index (χ3v) is 1.69. The van der Waals surface area contributed by atoms with Crippen molar-refractivity contribution in [1.29, 1.82) is 0 Å². The van der Waals surface area contributed by atoms with Gasteiger partial charge in [0.2, 0.25) is 0 Å². The standard InChI is InChI=1S/C8H10N2O/c1-2-7-8(9-3-1)6-11-5-4-10-7/h1-3,10H,4-6H2. The number of anilines is 1. The highest BCUT2D eigenvalue weighted by Gasteiger charge is 2.05. The zero-order chi connectivity index (χ0) is 7.52. The second-order valence-corrected chi connectivity index (χ2v) is 2.48. The molecule has 0 radical (unpaired) electrons. The minimum atomic E-state index is 0.628. The average Bonchev–Trinajstić information content (AvgIpc) is 2.28. The van der Waals surface area contributed by atoms with Crippen LogP contribution >= 0.6 is 0 Å². The SMILES string of the molecule is c1cnc2c(c1)NCCOC2. The van der Waals surface area contributed by atoms with Gasteiger partial charge in [-0.3, -0.25) is 4.98 Å². The predicted octanol–water partition coefficient (Wildman–Crippen LogP) is 1.02. The number of ether oxygens (including phenoxy) is 1. The Balaban J connectivity index is 2.33. The summed E-state index contributed by atoms with van der Waals surface area (Å²) in [7, 11) is 0. The van der Waals surface area contributed by atoms with E-state index in [0.717, 1.165) is 24.5 Å². The summed E-state index contributed by atoms with van der Waals surface area (Å²) in [6.45, 7) is 2.26. The number of pyridine rings is 1. The van der Waals surface area contributed by atoms with Gasteiger partial charge in [0, 0.05) is 12.7 Å². The molecule has 11 heavy (non-hydrogen) atoms. The highest BCUT2D eigenvalue weighted by molar-refractivity contribution is 5.47. The zero-order valence-corrected chi connectivity index (χ0v) is 6.21. The van der Waals surface area contributed by atoms with Gasteiger partial charge in [-0.25, -0.2) is 0 Å². The van der Waals surface area contributed by atoms with E-state index >= 15 is 0 Å². The zero-order valence-electron chi connectivity index (χ0n) is 6.21. The summed E-state index contributed by atoms with van der Waals surface area (Å²) < 4.78 is 5.30. The first kappa shape index (κ1) is 6.61. The summed E-state index contributed by atoms with van der Waals surface area (Å²) in [6, 6.07) is 3.95. The molecule has 1 aliphatic heterocycles. The maximum Gasteiger partial charge on any atom is 0.0909 e. The lowest BCUT2D eigenvalue weighted by atomic mass is 10.3. The quantitative estimate of drug-likeness (QED) is 0.599. The minimum Gasteiger partial charge on any atom is -0.381 e. The summed E-state index contributed by atoms with van der Waals surface area (Å²) in [5, 5.41) is 3.24. The second kappa shape index (κ2) is 2.88. The topological polar surface area (TPSA) is 34.2 Å². The molecule has 0 aliphatic carbocycles. The van der Waals surface area contributed by atoms with E-state index in [1.807, 2.05) is 12.1 Å². The smallest absolute Gasteiger partial charge is 0.0909 e. The van der Waals surface area contributed by atoms with E-state index in [4.69, 9.17) is 4.74 Å². The third-order valence-electron chi connectivity index (χ3n) is 1.69. The summed E-state index contributed by atoms with van der Waals surface area (Å²) in [6.07, 6.45) is 1.79. The number of nitrogens with zero attached hydrogens (tertiary/aromatic N) is 1. The molecule has 0 atom stereocenters. The Morgan fingerprint density at radius 1 is 1.55 bits per heavy atom. The number of nitrogens with one attached hydrogen (secondary N) is 1. The molecule has 0 amide bonds. The van der Waals surface area contributed by atoms with E-state index < -0.39 is 0 Å². The van der Waals surface area contributed by atoms with Crippen LogP contribution in [0.4, 0.5) is 5.69 Å². The molecule has 1 aromatic rings. The fraction of sp³-hybridized carbons (Fsp3) is 0.375. The lowest BCUT2D eigenvalue weighted by Gasteiger charge is -2.02. The lowest BCUT2D eigenvalue weighted by molar-refractivity contribution is 0.132. The number of fused-ring (bicyclic) bond motifs is 1. The molecule has 0 unspecified atom stereocenters. The van der Waals surface area contributed by atoms with Gasteiger partial charge in [0.05, 0.1) is 24.6 Å². The molecule has 1 aromatic heterocycles. The van der Waals surface area contributed by atoms with Crippen LogP contribution in [-0.4, -0.2) is 18.1 Å². The van der Waals surface area contributed by atoms with Crippen LogP contribution in [0.3, 0.4) is 0 Å². The van der Waals surface area contributed by atoms with Gasteiger partial charge in [0.25, 0.3) is 0 Å². The molecule has 0 fully saturated rings. The molecule has 1 N–H and O–H groups in total. The monoisotopic (exact) mass is 150 g/mol. The Morgan fingerprint density at radius 3 is 3.55 bits per heavy atom. The Morgan fingerprint density at radius 2 is 2.55 bits per heavy atom. The van der Waals surface area contributed by atoms with Crippen molar-refractivity contribution in [2.75, 3.05) is 18.5 Å². The molecule has 1 aliphatic rings. The Kier molecular flexibility index (Phi) is 1.73. The van der Waals surface area contributed by atoms with E-state index in [1.165, 1.54) is 0 Å². The summed E-state index contributed by atoms with van der Waals surface area (Å²) in [5.41, 5.74) is 2.11. The molecule has 0 bridgehead atoms. The number of hydrogen-bond acceptors (Lipinski definition) is 3. The van der Waals surface area contributed by atoms with E-state index in [-0.39, 0.29) is 0 Å². The Labute approximate surface area is 65.4 Å². The Hall–Kier alpha value is -1.09. The van der Waals surface area contributed by atoms with Crippen molar-refractivity contribution in [3.8, 4) is 0 Å². The van der Waals surface area contributed by atoms with Crippen LogP contribution in [0.5, 0.6) is 0 Å². The number of hydrogen-bond donors (Lipinski definition) is 1. The lowest BCUT2D eigenvalue weighted by Crippen LogP contribution is -2.04. The fourth-order valence-electron chi connectivity index (χ4n) is 1.14. The van der Waals surface area contributed by atoms with E-state index in [0.29, 0.717) is 6.61 Å². The number of rotatable bonds is 0. The van der Waals surface area contributed by atoms with Gasteiger partial charge in [0.15, 0.2) is 0 Å². The maximum absolute atomic E-state index is 5.30. The molecule has 3 heteroatoms. The third kappa shape index (κ3) is 1.33. The van der Waals surface area contributed by atoms with Crippen molar-refractivity contribution in [2.24, 2.45) is 0 Å². The predicted molar refractivity (Wildman–Crippen MR) is 42.4 cm³/mol. The molecule has 2 rings (SSSR count). The van der Waals surface area contributed by atoms with Crippen LogP contribution in [0.15, 0.2) is 18.3 Å². The van der Waals surface area contributed by atoms with Gasteiger partial charge in [-0.1, -0.05) is 0 Å². The summed E-state index contributed by atoms with van der Waals surface area (Å²) >= 11 is 0. The van der Waals surface area contributed by atoms with Crippen molar-refractivity contribution >= 4 is 5.69 Å².